The Bertz CT molecular complexity index is 450. The van der Waals surface area contributed by atoms with Crippen LogP contribution in [0, 0.1) is 6.92 Å². The molecule has 0 aliphatic heterocycles. The minimum atomic E-state index is -0.380. The Hall–Kier alpha value is -2.18. The molecule has 1 aromatic carbocycles. The highest BCUT2D eigenvalue weighted by atomic mass is 20.0. The van der Waals surface area contributed by atoms with Gasteiger partial charge in [0.2, 0.25) is 0 Å². The number of halogens is 3. The van der Waals surface area contributed by atoms with Gasteiger partial charge in [0.25, 0.3) is 0 Å². The minimum Gasteiger partial charge on any atom is -0.496 e. The fourth-order valence-electron chi connectivity index (χ4n) is 1.40. The second-order valence-electron chi connectivity index (χ2n) is 3.66. The molecule has 0 aliphatic rings. The zero-order chi connectivity index (χ0) is 14.8. The SMILES string of the molecule is COC(=O)/C=C(\C)Nc1ccc(C)c(OC)c1.F.FF. The number of methoxy groups -OCH3 is 2. The quantitative estimate of drug-likeness (QED) is 0.682. The lowest BCUT2D eigenvalue weighted by Crippen LogP contribution is -2.02. The Morgan fingerprint density at radius 2 is 1.90 bits per heavy atom. The maximum Gasteiger partial charge on any atom is 0.332 e. The molecule has 4 nitrogen and oxygen atoms in total. The first-order valence-corrected chi connectivity index (χ1v) is 5.39. The van der Waals surface area contributed by atoms with Gasteiger partial charge in [-0.15, -0.1) is 0 Å². The lowest BCUT2D eigenvalue weighted by Gasteiger charge is -2.10. The van der Waals surface area contributed by atoms with Gasteiger partial charge in [-0.3, -0.25) is 4.70 Å². The van der Waals surface area contributed by atoms with Crippen LogP contribution in [0.2, 0.25) is 0 Å². The number of carbonyl (C=O) groups is 1. The molecule has 1 N–H and O–H groups in total. The van der Waals surface area contributed by atoms with Crippen molar-refractivity contribution in [3.63, 3.8) is 0 Å². The first-order valence-electron chi connectivity index (χ1n) is 5.39. The molecule has 20 heavy (non-hydrogen) atoms. The number of rotatable bonds is 4. The van der Waals surface area contributed by atoms with E-state index in [1.54, 1.807) is 14.0 Å². The van der Waals surface area contributed by atoms with E-state index in [-0.39, 0.29) is 10.7 Å². The average Bonchev–Trinajstić information content (AvgIpc) is 2.42. The van der Waals surface area contributed by atoms with E-state index >= 15 is 0 Å². The summed E-state index contributed by atoms with van der Waals surface area (Å²) < 4.78 is 25.8. The summed E-state index contributed by atoms with van der Waals surface area (Å²) in [6, 6.07) is 5.75. The predicted molar refractivity (Wildman–Crippen MR) is 71.8 cm³/mol. The molecule has 0 saturated carbocycles. The van der Waals surface area contributed by atoms with Gasteiger partial charge in [-0.05, 0) is 25.5 Å². The van der Waals surface area contributed by atoms with Crippen molar-refractivity contribution in [2.24, 2.45) is 0 Å². The first kappa shape index (κ1) is 20.1. The molecule has 1 rings (SSSR count). The molecule has 7 heteroatoms. The van der Waals surface area contributed by atoms with Crippen LogP contribution in [0.3, 0.4) is 0 Å². The van der Waals surface area contributed by atoms with Crippen LogP contribution in [0.1, 0.15) is 12.5 Å². The van der Waals surface area contributed by atoms with Crippen molar-refractivity contribution < 1.29 is 28.1 Å². The van der Waals surface area contributed by atoms with Gasteiger partial charge in [-0.2, -0.15) is 0 Å². The van der Waals surface area contributed by atoms with Crippen molar-refractivity contribution in [3.05, 3.63) is 35.5 Å². The third-order valence-electron chi connectivity index (χ3n) is 2.29. The van der Waals surface area contributed by atoms with Crippen LogP contribution >= 0.6 is 0 Å². The van der Waals surface area contributed by atoms with Crippen LogP contribution in [-0.4, -0.2) is 20.2 Å². The van der Waals surface area contributed by atoms with E-state index in [2.05, 4.69) is 10.1 Å². The standard InChI is InChI=1S/C13H17NO3.F2.FH/c1-9-5-6-11(8-12(9)16-3)14-10(2)7-13(15)17-4;1-2;/h5-8,14H,1-4H3;;1H/b10-7+;;. The van der Waals surface area contributed by atoms with Gasteiger partial charge >= 0.3 is 5.97 Å². The number of ether oxygens (including phenoxy) is 2. The van der Waals surface area contributed by atoms with Gasteiger partial charge in [0.15, 0.2) is 0 Å². The molecular formula is C13H18F3NO3. The largest absolute Gasteiger partial charge is 0.496 e. The summed E-state index contributed by atoms with van der Waals surface area (Å²) in [5.74, 6) is 0.426. The summed E-state index contributed by atoms with van der Waals surface area (Å²) in [6.45, 7) is 3.77. The van der Waals surface area contributed by atoms with Crippen LogP contribution in [0.25, 0.3) is 0 Å². The number of hydrogen-bond acceptors (Lipinski definition) is 4. The first-order chi connectivity index (χ1) is 9.06. The van der Waals surface area contributed by atoms with Crippen molar-refractivity contribution in [2.45, 2.75) is 13.8 Å². The van der Waals surface area contributed by atoms with Crippen LogP contribution in [0.15, 0.2) is 30.0 Å². The highest BCUT2D eigenvalue weighted by molar-refractivity contribution is 5.83. The molecule has 0 amide bonds. The number of hydrogen-bond donors (Lipinski definition) is 1. The summed E-state index contributed by atoms with van der Waals surface area (Å²) >= 11 is 0. The van der Waals surface area contributed by atoms with Crippen molar-refractivity contribution in [1.29, 1.82) is 0 Å². The third-order valence-corrected chi connectivity index (χ3v) is 2.29. The van der Waals surface area contributed by atoms with Crippen molar-refractivity contribution in [2.75, 3.05) is 19.5 Å². The van der Waals surface area contributed by atoms with E-state index in [0.717, 1.165) is 17.0 Å². The van der Waals surface area contributed by atoms with Gasteiger partial charge in [-0.25, -0.2) is 4.79 Å². The van der Waals surface area contributed by atoms with Crippen molar-refractivity contribution in [3.8, 4) is 5.75 Å². The second-order valence-corrected chi connectivity index (χ2v) is 3.66. The number of carbonyl (C=O) groups excluding carboxylic acids is 1. The van der Waals surface area contributed by atoms with Gasteiger partial charge in [0, 0.05) is 32.7 Å². The molecule has 0 fully saturated rings. The normalized spacial score (nSPS) is 9.60. The lowest BCUT2D eigenvalue weighted by molar-refractivity contribution is -0.134. The number of nitrogens with one attached hydrogen (secondary N) is 1. The average molecular weight is 293 g/mol. The fraction of sp³-hybridized carbons (Fsp3) is 0.308. The monoisotopic (exact) mass is 293 g/mol. The second kappa shape index (κ2) is 10.7. The highest BCUT2D eigenvalue weighted by Crippen LogP contribution is 2.22. The van der Waals surface area contributed by atoms with Gasteiger partial charge in [-0.1, -0.05) is 6.07 Å². The topological polar surface area (TPSA) is 47.6 Å². The van der Waals surface area contributed by atoms with E-state index in [4.69, 9.17) is 13.9 Å². The van der Waals surface area contributed by atoms with Crippen molar-refractivity contribution >= 4 is 11.7 Å². The minimum absolute atomic E-state index is 0. The molecule has 0 atom stereocenters. The third kappa shape index (κ3) is 6.67. The maximum atomic E-state index is 11.0. The highest BCUT2D eigenvalue weighted by Gasteiger charge is 2.01. The number of allylic oxidation sites excluding steroid dienone is 1. The predicted octanol–water partition coefficient (Wildman–Crippen LogP) is 3.49. The molecule has 0 aliphatic carbocycles. The maximum absolute atomic E-state index is 11.0. The summed E-state index contributed by atoms with van der Waals surface area (Å²) in [7, 11) is 2.98. The van der Waals surface area contributed by atoms with Crippen molar-refractivity contribution in [1.82, 2.24) is 0 Å². The summed E-state index contributed by atoms with van der Waals surface area (Å²) in [6.07, 6.45) is 1.40. The number of esters is 1. The molecule has 0 saturated heterocycles. The van der Waals surface area contributed by atoms with Gasteiger partial charge in [0.1, 0.15) is 5.75 Å². The van der Waals surface area contributed by atoms with Gasteiger partial charge < -0.3 is 14.8 Å². The number of aryl methyl sites for hydroxylation is 1. The molecular weight excluding hydrogens is 275 g/mol. The Morgan fingerprint density at radius 1 is 1.30 bits per heavy atom. The van der Waals surface area contributed by atoms with Crippen LogP contribution < -0.4 is 10.1 Å². The summed E-state index contributed by atoms with van der Waals surface area (Å²) in [4.78, 5) is 11.0. The molecule has 0 unspecified atom stereocenters. The molecule has 0 spiro atoms. The Balaban J connectivity index is 0. The Morgan fingerprint density at radius 3 is 2.40 bits per heavy atom. The fourth-order valence-corrected chi connectivity index (χ4v) is 1.40. The lowest BCUT2D eigenvalue weighted by atomic mass is 10.2. The van der Waals surface area contributed by atoms with Gasteiger partial charge in [0.05, 0.1) is 14.2 Å². The smallest absolute Gasteiger partial charge is 0.332 e. The van der Waals surface area contributed by atoms with E-state index in [1.807, 2.05) is 25.1 Å². The molecule has 0 bridgehead atoms. The molecule has 114 valence electrons. The summed E-state index contributed by atoms with van der Waals surface area (Å²) in [5, 5.41) is 3.09. The zero-order valence-electron chi connectivity index (χ0n) is 11.7. The molecule has 1 aromatic rings. The molecule has 0 aromatic heterocycles. The van der Waals surface area contributed by atoms with Crippen LogP contribution in [-0.2, 0) is 9.53 Å². The Labute approximate surface area is 115 Å². The summed E-state index contributed by atoms with van der Waals surface area (Å²) in [5.41, 5.74) is 2.64. The van der Waals surface area contributed by atoms with Crippen LogP contribution in [0.5, 0.6) is 5.75 Å². The van der Waals surface area contributed by atoms with E-state index in [0.29, 0.717) is 5.70 Å². The van der Waals surface area contributed by atoms with E-state index < -0.39 is 0 Å². The number of anilines is 1. The molecule has 0 heterocycles. The Kier molecular flexibility index (Phi) is 10.8. The zero-order valence-corrected chi connectivity index (χ0v) is 11.7. The van der Waals surface area contributed by atoms with E-state index in [9.17, 15) is 4.79 Å². The van der Waals surface area contributed by atoms with Crippen LogP contribution in [0.4, 0.5) is 19.5 Å². The molecule has 0 radical (unpaired) electrons. The number of benzene rings is 1. The van der Waals surface area contributed by atoms with E-state index in [1.165, 1.54) is 13.2 Å².